The Morgan fingerprint density at radius 2 is 1.95 bits per heavy atom. The van der Waals surface area contributed by atoms with Crippen molar-refractivity contribution in [1.82, 2.24) is 9.88 Å². The first-order valence-corrected chi connectivity index (χ1v) is 6.71. The van der Waals surface area contributed by atoms with Crippen molar-refractivity contribution in [2.24, 2.45) is 0 Å². The lowest BCUT2D eigenvalue weighted by molar-refractivity contribution is -0.127. The Bertz CT molecular complexity index is 515. The molecule has 1 aromatic rings. The van der Waals surface area contributed by atoms with Gasteiger partial charge in [-0.25, -0.2) is 9.78 Å². The first-order chi connectivity index (χ1) is 8.73. The summed E-state index contributed by atoms with van der Waals surface area (Å²) in [6.07, 6.45) is 0. The lowest BCUT2D eigenvalue weighted by atomic mass is 10.1. The Balaban J connectivity index is 3.13. The number of rotatable bonds is 4. The summed E-state index contributed by atoms with van der Waals surface area (Å²) in [6, 6.07) is 1.73. The van der Waals surface area contributed by atoms with Gasteiger partial charge in [-0.3, -0.25) is 4.79 Å². The van der Waals surface area contributed by atoms with Gasteiger partial charge in [0.1, 0.15) is 5.03 Å². The maximum Gasteiger partial charge on any atom is 0.338 e. The summed E-state index contributed by atoms with van der Waals surface area (Å²) in [4.78, 5) is 28.9. The molecule has 0 fully saturated rings. The number of aromatic carboxylic acids is 1. The quantitative estimate of drug-likeness (QED) is 0.855. The molecule has 1 heterocycles. The van der Waals surface area contributed by atoms with E-state index in [9.17, 15) is 14.7 Å². The number of amides is 1. The molecular weight excluding hydrogens is 264 g/mol. The predicted molar refractivity (Wildman–Crippen MR) is 74.7 cm³/mol. The van der Waals surface area contributed by atoms with E-state index in [4.69, 9.17) is 0 Å². The highest BCUT2D eigenvalue weighted by atomic mass is 32.2. The van der Waals surface area contributed by atoms with Gasteiger partial charge in [-0.15, -0.1) is 0 Å². The fourth-order valence-corrected chi connectivity index (χ4v) is 2.94. The summed E-state index contributed by atoms with van der Waals surface area (Å²) in [7, 11) is 3.35. The number of aromatic nitrogens is 1. The van der Waals surface area contributed by atoms with Crippen LogP contribution in [0.5, 0.6) is 0 Å². The van der Waals surface area contributed by atoms with Gasteiger partial charge in [-0.05, 0) is 32.4 Å². The van der Waals surface area contributed by atoms with Crippen molar-refractivity contribution in [2.75, 3.05) is 14.1 Å². The molecule has 0 aliphatic heterocycles. The summed E-state index contributed by atoms with van der Waals surface area (Å²) >= 11 is 1.18. The number of carboxylic acids is 1. The molecular formula is C13H18N2O3S. The van der Waals surface area contributed by atoms with Crippen LogP contribution >= 0.6 is 11.8 Å². The highest BCUT2D eigenvalue weighted by molar-refractivity contribution is 8.00. The molecule has 1 N–H and O–H groups in total. The number of carbonyl (C=O) groups excluding carboxylic acids is 1. The monoisotopic (exact) mass is 282 g/mol. The molecule has 0 aliphatic rings. The molecule has 0 aromatic carbocycles. The summed E-state index contributed by atoms with van der Waals surface area (Å²) in [5.74, 6) is -1.08. The van der Waals surface area contributed by atoms with Crippen LogP contribution in [0.2, 0.25) is 0 Å². The van der Waals surface area contributed by atoms with Crippen LogP contribution < -0.4 is 0 Å². The Morgan fingerprint density at radius 3 is 2.42 bits per heavy atom. The van der Waals surface area contributed by atoms with Crippen molar-refractivity contribution in [2.45, 2.75) is 31.0 Å². The molecule has 5 nitrogen and oxygen atoms in total. The van der Waals surface area contributed by atoms with Gasteiger partial charge in [0.05, 0.1) is 10.8 Å². The second-order valence-electron chi connectivity index (χ2n) is 4.56. The van der Waals surface area contributed by atoms with Gasteiger partial charge in [0.15, 0.2) is 0 Å². The second kappa shape index (κ2) is 6.06. The van der Waals surface area contributed by atoms with Gasteiger partial charge in [-0.1, -0.05) is 11.8 Å². The topological polar surface area (TPSA) is 70.5 Å². The maximum atomic E-state index is 11.8. The summed E-state index contributed by atoms with van der Waals surface area (Å²) in [5, 5.41) is 9.27. The van der Waals surface area contributed by atoms with E-state index in [1.807, 2.05) is 0 Å². The van der Waals surface area contributed by atoms with E-state index in [2.05, 4.69) is 4.98 Å². The van der Waals surface area contributed by atoms with E-state index >= 15 is 0 Å². The van der Waals surface area contributed by atoms with Crippen LogP contribution in [-0.2, 0) is 4.79 Å². The molecule has 1 aromatic heterocycles. The highest BCUT2D eigenvalue weighted by Crippen LogP contribution is 2.28. The lowest BCUT2D eigenvalue weighted by Crippen LogP contribution is -2.29. The molecule has 0 radical (unpaired) electrons. The Kier molecular flexibility index (Phi) is 4.94. The number of thioether (sulfide) groups is 1. The molecule has 1 rings (SSSR count). The standard InChI is InChI=1S/C13H18N2O3S/c1-7-6-8(2)14-11(10(7)13(17)18)19-9(3)12(16)15(4)5/h6,9H,1-5H3,(H,17,18). The van der Waals surface area contributed by atoms with E-state index in [1.54, 1.807) is 40.9 Å². The number of hydrogen-bond acceptors (Lipinski definition) is 4. The Hall–Kier alpha value is -1.56. The van der Waals surface area contributed by atoms with E-state index in [-0.39, 0.29) is 16.7 Å². The molecule has 0 saturated carbocycles. The minimum Gasteiger partial charge on any atom is -0.478 e. The summed E-state index contributed by atoms with van der Waals surface area (Å²) < 4.78 is 0. The van der Waals surface area contributed by atoms with Gasteiger partial charge in [0.25, 0.3) is 0 Å². The largest absolute Gasteiger partial charge is 0.478 e. The minimum atomic E-state index is -1.02. The average Bonchev–Trinajstić information content (AvgIpc) is 2.25. The third kappa shape index (κ3) is 3.70. The molecule has 19 heavy (non-hydrogen) atoms. The average molecular weight is 282 g/mol. The number of aryl methyl sites for hydroxylation is 2. The predicted octanol–water partition coefficient (Wildman–Crippen LogP) is 1.97. The number of pyridine rings is 1. The van der Waals surface area contributed by atoms with E-state index in [1.165, 1.54) is 16.7 Å². The van der Waals surface area contributed by atoms with Crippen LogP contribution in [0.3, 0.4) is 0 Å². The molecule has 1 amide bonds. The Morgan fingerprint density at radius 1 is 1.37 bits per heavy atom. The lowest BCUT2D eigenvalue weighted by Gasteiger charge is -2.17. The van der Waals surface area contributed by atoms with Gasteiger partial charge in [0, 0.05) is 19.8 Å². The maximum absolute atomic E-state index is 11.8. The molecule has 0 saturated heterocycles. The zero-order valence-corrected chi connectivity index (χ0v) is 12.5. The fraction of sp³-hybridized carbons (Fsp3) is 0.462. The van der Waals surface area contributed by atoms with Crippen molar-refractivity contribution < 1.29 is 14.7 Å². The van der Waals surface area contributed by atoms with Crippen molar-refractivity contribution in [1.29, 1.82) is 0 Å². The van der Waals surface area contributed by atoms with Gasteiger partial charge in [-0.2, -0.15) is 0 Å². The van der Waals surface area contributed by atoms with Gasteiger partial charge in [0.2, 0.25) is 5.91 Å². The first kappa shape index (κ1) is 15.5. The zero-order valence-electron chi connectivity index (χ0n) is 11.7. The van der Waals surface area contributed by atoms with Crippen molar-refractivity contribution in [3.05, 3.63) is 22.9 Å². The smallest absolute Gasteiger partial charge is 0.338 e. The fourth-order valence-electron chi connectivity index (χ4n) is 1.73. The van der Waals surface area contributed by atoms with Gasteiger partial charge < -0.3 is 10.0 Å². The minimum absolute atomic E-state index is 0.0673. The summed E-state index contributed by atoms with van der Waals surface area (Å²) in [6.45, 7) is 5.29. The molecule has 1 unspecified atom stereocenters. The van der Waals surface area contributed by atoms with E-state index in [0.29, 0.717) is 10.6 Å². The van der Waals surface area contributed by atoms with Crippen LogP contribution in [0.1, 0.15) is 28.5 Å². The number of hydrogen-bond donors (Lipinski definition) is 1. The van der Waals surface area contributed by atoms with Crippen molar-refractivity contribution in [3.8, 4) is 0 Å². The Labute approximate surface area is 117 Å². The molecule has 104 valence electrons. The number of nitrogens with zero attached hydrogens (tertiary/aromatic N) is 2. The third-order valence-electron chi connectivity index (χ3n) is 2.60. The zero-order chi connectivity index (χ0) is 14.7. The van der Waals surface area contributed by atoms with Crippen molar-refractivity contribution >= 4 is 23.6 Å². The van der Waals surface area contributed by atoms with Crippen LogP contribution in [0.4, 0.5) is 0 Å². The molecule has 6 heteroatoms. The normalized spacial score (nSPS) is 12.1. The van der Waals surface area contributed by atoms with Crippen molar-refractivity contribution in [3.63, 3.8) is 0 Å². The molecule has 1 atom stereocenters. The third-order valence-corrected chi connectivity index (χ3v) is 3.68. The number of carboxylic acid groups (broad SMARTS) is 1. The SMILES string of the molecule is Cc1cc(C)c(C(=O)O)c(SC(C)C(=O)N(C)C)n1. The van der Waals surface area contributed by atoms with Crippen LogP contribution in [0.15, 0.2) is 11.1 Å². The second-order valence-corrected chi connectivity index (χ2v) is 5.89. The van der Waals surface area contributed by atoms with Crippen LogP contribution in [-0.4, -0.2) is 46.2 Å². The highest BCUT2D eigenvalue weighted by Gasteiger charge is 2.22. The van der Waals surface area contributed by atoms with Crippen LogP contribution in [0.25, 0.3) is 0 Å². The first-order valence-electron chi connectivity index (χ1n) is 5.83. The number of carbonyl (C=O) groups is 2. The molecule has 0 bridgehead atoms. The van der Waals surface area contributed by atoms with E-state index < -0.39 is 5.97 Å². The van der Waals surface area contributed by atoms with Gasteiger partial charge >= 0.3 is 5.97 Å². The molecule has 0 aliphatic carbocycles. The van der Waals surface area contributed by atoms with Crippen LogP contribution in [0, 0.1) is 13.8 Å². The summed E-state index contributed by atoms with van der Waals surface area (Å²) in [5.41, 5.74) is 1.58. The van der Waals surface area contributed by atoms with E-state index in [0.717, 1.165) is 5.69 Å². The molecule has 0 spiro atoms.